The SMILES string of the molecule is CCOC(=O)CN(CCNC(=O)OC(C)(C)C)C(=O)Cn1cnc2c(NC(=O)OCc3ccccc3)ncnc21. The van der Waals surface area contributed by atoms with Crippen LogP contribution in [0.4, 0.5) is 15.4 Å². The van der Waals surface area contributed by atoms with Gasteiger partial charge >= 0.3 is 18.2 Å². The highest BCUT2D eigenvalue weighted by Gasteiger charge is 2.22. The van der Waals surface area contributed by atoms with Crippen molar-refractivity contribution >= 4 is 41.0 Å². The van der Waals surface area contributed by atoms with Crippen molar-refractivity contribution in [3.63, 3.8) is 0 Å². The van der Waals surface area contributed by atoms with E-state index >= 15 is 0 Å². The fraction of sp³-hybridized carbons (Fsp3) is 0.423. The third-order valence-electron chi connectivity index (χ3n) is 5.17. The molecular weight excluding hydrogens is 522 g/mol. The average molecular weight is 556 g/mol. The number of amides is 3. The fourth-order valence-electron chi connectivity index (χ4n) is 3.45. The minimum absolute atomic E-state index is 0.0264. The lowest BCUT2D eigenvalue weighted by atomic mass is 10.2. The molecule has 0 saturated carbocycles. The highest BCUT2D eigenvalue weighted by Crippen LogP contribution is 2.18. The third kappa shape index (κ3) is 9.22. The summed E-state index contributed by atoms with van der Waals surface area (Å²) >= 11 is 0. The van der Waals surface area contributed by atoms with E-state index in [1.807, 2.05) is 30.3 Å². The molecule has 0 unspecified atom stereocenters. The van der Waals surface area contributed by atoms with Gasteiger partial charge in [-0.3, -0.25) is 14.9 Å². The van der Waals surface area contributed by atoms with Crippen molar-refractivity contribution in [3.8, 4) is 0 Å². The summed E-state index contributed by atoms with van der Waals surface area (Å²) in [5, 5.41) is 5.11. The molecule has 0 spiro atoms. The van der Waals surface area contributed by atoms with Crippen LogP contribution in [0.2, 0.25) is 0 Å². The Bertz CT molecular complexity index is 1320. The Balaban J connectivity index is 1.66. The average Bonchev–Trinajstić information content (AvgIpc) is 3.30. The Morgan fingerprint density at radius 2 is 1.75 bits per heavy atom. The Labute approximate surface area is 231 Å². The number of esters is 1. The molecule has 0 fully saturated rings. The molecule has 2 aromatic heterocycles. The van der Waals surface area contributed by atoms with Gasteiger partial charge in [-0.1, -0.05) is 30.3 Å². The number of ether oxygens (including phenoxy) is 3. The van der Waals surface area contributed by atoms with Crippen molar-refractivity contribution in [1.29, 1.82) is 0 Å². The van der Waals surface area contributed by atoms with E-state index < -0.39 is 29.7 Å². The second kappa shape index (κ2) is 13.9. The summed E-state index contributed by atoms with van der Waals surface area (Å²) in [5.41, 5.74) is 0.670. The number of alkyl carbamates (subject to hydrolysis) is 1. The Morgan fingerprint density at radius 3 is 2.45 bits per heavy atom. The van der Waals surface area contributed by atoms with Crippen molar-refractivity contribution in [1.82, 2.24) is 29.7 Å². The molecule has 3 rings (SSSR count). The number of anilines is 1. The highest BCUT2D eigenvalue weighted by atomic mass is 16.6. The molecule has 14 heteroatoms. The van der Waals surface area contributed by atoms with Gasteiger partial charge in [-0.05, 0) is 33.3 Å². The molecule has 1 aromatic carbocycles. The number of rotatable bonds is 11. The van der Waals surface area contributed by atoms with E-state index in [2.05, 4.69) is 25.6 Å². The van der Waals surface area contributed by atoms with Crippen LogP contribution >= 0.6 is 0 Å². The van der Waals surface area contributed by atoms with E-state index in [0.717, 1.165) is 5.56 Å². The number of carbonyl (C=O) groups is 4. The molecule has 0 bridgehead atoms. The number of fused-ring (bicyclic) bond motifs is 1. The molecule has 14 nitrogen and oxygen atoms in total. The quantitative estimate of drug-likeness (QED) is 0.265. The summed E-state index contributed by atoms with van der Waals surface area (Å²) < 4.78 is 16.9. The van der Waals surface area contributed by atoms with Crippen LogP contribution in [0, 0.1) is 0 Å². The van der Waals surface area contributed by atoms with Gasteiger partial charge < -0.3 is 29.0 Å². The second-order valence-corrected chi connectivity index (χ2v) is 9.50. The summed E-state index contributed by atoms with van der Waals surface area (Å²) in [6, 6.07) is 9.19. The number of nitrogens with zero attached hydrogens (tertiary/aromatic N) is 5. The maximum Gasteiger partial charge on any atom is 0.413 e. The lowest BCUT2D eigenvalue weighted by Crippen LogP contribution is -2.43. The van der Waals surface area contributed by atoms with Crippen LogP contribution in [-0.4, -0.2) is 80.3 Å². The number of carbonyl (C=O) groups excluding carboxylic acids is 4. The Hall–Kier alpha value is -4.75. The molecule has 0 aliphatic rings. The van der Waals surface area contributed by atoms with Crippen LogP contribution in [0.5, 0.6) is 0 Å². The van der Waals surface area contributed by atoms with Crippen molar-refractivity contribution in [2.45, 2.75) is 46.4 Å². The van der Waals surface area contributed by atoms with Gasteiger partial charge in [0, 0.05) is 13.1 Å². The molecule has 0 saturated heterocycles. The first-order valence-corrected chi connectivity index (χ1v) is 12.6. The molecular formula is C26H33N7O7. The maximum atomic E-state index is 13.2. The largest absolute Gasteiger partial charge is 0.465 e. The lowest BCUT2D eigenvalue weighted by molar-refractivity contribution is -0.149. The summed E-state index contributed by atoms with van der Waals surface area (Å²) in [6.45, 7) is 6.62. The van der Waals surface area contributed by atoms with E-state index in [4.69, 9.17) is 14.2 Å². The topological polar surface area (TPSA) is 167 Å². The zero-order valence-corrected chi connectivity index (χ0v) is 22.9. The normalized spacial score (nSPS) is 11.0. The first-order valence-electron chi connectivity index (χ1n) is 12.6. The molecule has 3 aromatic rings. The molecule has 0 radical (unpaired) electrons. The van der Waals surface area contributed by atoms with E-state index in [1.165, 1.54) is 22.1 Å². The molecule has 2 heterocycles. The number of nitrogens with one attached hydrogen (secondary N) is 2. The van der Waals surface area contributed by atoms with E-state index in [-0.39, 0.29) is 56.4 Å². The number of aromatic nitrogens is 4. The van der Waals surface area contributed by atoms with Crippen molar-refractivity contribution < 1.29 is 33.4 Å². The van der Waals surface area contributed by atoms with Crippen molar-refractivity contribution in [3.05, 3.63) is 48.5 Å². The van der Waals surface area contributed by atoms with Crippen LogP contribution in [0.1, 0.15) is 33.3 Å². The predicted molar refractivity (Wildman–Crippen MR) is 143 cm³/mol. The van der Waals surface area contributed by atoms with Crippen LogP contribution in [0.25, 0.3) is 11.2 Å². The van der Waals surface area contributed by atoms with E-state index in [0.29, 0.717) is 0 Å². The fourth-order valence-corrected chi connectivity index (χ4v) is 3.45. The number of hydrogen-bond acceptors (Lipinski definition) is 10. The second-order valence-electron chi connectivity index (χ2n) is 9.50. The summed E-state index contributed by atoms with van der Waals surface area (Å²) in [4.78, 5) is 63.3. The molecule has 0 aliphatic heterocycles. The standard InChI is InChI=1S/C26H33N7O7/c1-5-38-20(35)14-32(12-11-27-24(36)40-26(2,3)4)19(34)13-33-17-30-21-22(28-16-29-23(21)33)31-25(37)39-15-18-9-7-6-8-10-18/h6-10,16-17H,5,11-15H2,1-4H3,(H,27,36)(H,28,29,31,37). The van der Waals surface area contributed by atoms with Crippen molar-refractivity contribution in [2.24, 2.45) is 0 Å². The molecule has 0 atom stereocenters. The third-order valence-corrected chi connectivity index (χ3v) is 5.17. The van der Waals surface area contributed by atoms with Gasteiger partial charge in [-0.25, -0.2) is 24.5 Å². The molecule has 3 amide bonds. The van der Waals surface area contributed by atoms with Gasteiger partial charge in [0.25, 0.3) is 0 Å². The van der Waals surface area contributed by atoms with E-state index in [9.17, 15) is 19.2 Å². The van der Waals surface area contributed by atoms with Crippen LogP contribution in [0.3, 0.4) is 0 Å². The van der Waals surface area contributed by atoms with Crippen LogP contribution < -0.4 is 10.6 Å². The molecule has 40 heavy (non-hydrogen) atoms. The zero-order chi connectivity index (χ0) is 29.1. The minimum Gasteiger partial charge on any atom is -0.465 e. The number of benzene rings is 1. The first-order chi connectivity index (χ1) is 19.1. The van der Waals surface area contributed by atoms with Gasteiger partial charge in [0.2, 0.25) is 5.91 Å². The van der Waals surface area contributed by atoms with Gasteiger partial charge in [-0.15, -0.1) is 0 Å². The summed E-state index contributed by atoms with van der Waals surface area (Å²) in [6.07, 6.45) is 1.22. The van der Waals surface area contributed by atoms with Gasteiger partial charge in [-0.2, -0.15) is 0 Å². The van der Waals surface area contributed by atoms with Gasteiger partial charge in [0.05, 0.1) is 12.9 Å². The summed E-state index contributed by atoms with van der Waals surface area (Å²) in [5.74, 6) is -0.931. The maximum absolute atomic E-state index is 13.2. The molecule has 214 valence electrons. The minimum atomic E-state index is -0.729. The number of imidazole rings is 1. The highest BCUT2D eigenvalue weighted by molar-refractivity contribution is 5.93. The molecule has 2 N–H and O–H groups in total. The lowest BCUT2D eigenvalue weighted by Gasteiger charge is -2.23. The zero-order valence-electron chi connectivity index (χ0n) is 22.9. The van der Waals surface area contributed by atoms with E-state index in [1.54, 1.807) is 27.7 Å². The van der Waals surface area contributed by atoms with Gasteiger partial charge in [0.15, 0.2) is 17.0 Å². The smallest absolute Gasteiger partial charge is 0.413 e. The summed E-state index contributed by atoms with van der Waals surface area (Å²) in [7, 11) is 0. The monoisotopic (exact) mass is 555 g/mol. The number of hydrogen-bond donors (Lipinski definition) is 2. The predicted octanol–water partition coefficient (Wildman–Crippen LogP) is 2.49. The van der Waals surface area contributed by atoms with Crippen LogP contribution in [-0.2, 0) is 37.0 Å². The van der Waals surface area contributed by atoms with Crippen LogP contribution in [0.15, 0.2) is 43.0 Å². The Morgan fingerprint density at radius 1 is 1.00 bits per heavy atom. The van der Waals surface area contributed by atoms with Crippen molar-refractivity contribution in [2.75, 3.05) is 31.6 Å². The van der Waals surface area contributed by atoms with Gasteiger partial charge in [0.1, 0.15) is 31.6 Å². The molecule has 0 aliphatic carbocycles. The first kappa shape index (κ1) is 29.8. The Kier molecular flexibility index (Phi) is 10.3.